The molecular weight excluding hydrogens is 328 g/mol. The van der Waals surface area contributed by atoms with Crippen LogP contribution in [0.5, 0.6) is 5.75 Å². The zero-order valence-electron chi connectivity index (χ0n) is 14.7. The highest BCUT2D eigenvalue weighted by Gasteiger charge is 2.16. The van der Waals surface area contributed by atoms with Gasteiger partial charge in [-0.05, 0) is 48.9 Å². The standard InChI is InChI=1S/C21H20N2O3/c1-14-7-9-17(10-8-14)21(25)23-22-20(24)15(2)26-19-12-11-16-5-3-4-6-18(16)13-19/h3-13,15H,1-2H3,(H,22,24)(H,23,25). The van der Waals surface area contributed by atoms with Crippen molar-refractivity contribution in [1.29, 1.82) is 0 Å². The molecular formula is C21H20N2O3. The van der Waals surface area contributed by atoms with Crippen LogP contribution < -0.4 is 15.6 Å². The third kappa shape index (κ3) is 4.19. The molecule has 0 aliphatic carbocycles. The highest BCUT2D eigenvalue weighted by molar-refractivity contribution is 5.95. The largest absolute Gasteiger partial charge is 0.481 e. The quantitative estimate of drug-likeness (QED) is 0.710. The molecule has 1 unspecified atom stereocenters. The van der Waals surface area contributed by atoms with Crippen molar-refractivity contribution >= 4 is 22.6 Å². The zero-order valence-corrected chi connectivity index (χ0v) is 14.7. The second kappa shape index (κ2) is 7.70. The Bertz CT molecular complexity index is 935. The molecule has 0 aliphatic rings. The molecule has 5 nitrogen and oxygen atoms in total. The van der Waals surface area contributed by atoms with E-state index in [0.29, 0.717) is 11.3 Å². The van der Waals surface area contributed by atoms with Crippen LogP contribution >= 0.6 is 0 Å². The van der Waals surface area contributed by atoms with E-state index in [4.69, 9.17) is 4.74 Å². The van der Waals surface area contributed by atoms with Gasteiger partial charge >= 0.3 is 0 Å². The number of aryl methyl sites for hydroxylation is 1. The van der Waals surface area contributed by atoms with E-state index in [1.165, 1.54) is 0 Å². The Morgan fingerprint density at radius 3 is 2.31 bits per heavy atom. The van der Waals surface area contributed by atoms with E-state index in [2.05, 4.69) is 10.9 Å². The third-order valence-corrected chi connectivity index (χ3v) is 4.02. The van der Waals surface area contributed by atoms with Crippen LogP contribution in [0.4, 0.5) is 0 Å². The molecule has 0 bridgehead atoms. The maximum Gasteiger partial charge on any atom is 0.279 e. The number of rotatable bonds is 4. The molecule has 0 spiro atoms. The molecule has 26 heavy (non-hydrogen) atoms. The van der Waals surface area contributed by atoms with E-state index in [1.807, 2.05) is 61.5 Å². The van der Waals surface area contributed by atoms with Crippen LogP contribution in [-0.2, 0) is 4.79 Å². The van der Waals surface area contributed by atoms with Gasteiger partial charge in [-0.25, -0.2) is 0 Å². The number of carbonyl (C=O) groups excluding carboxylic acids is 2. The Labute approximate surface area is 152 Å². The van der Waals surface area contributed by atoms with Gasteiger partial charge in [0.2, 0.25) is 0 Å². The van der Waals surface area contributed by atoms with Gasteiger partial charge < -0.3 is 4.74 Å². The van der Waals surface area contributed by atoms with Crippen LogP contribution in [0.15, 0.2) is 66.7 Å². The van der Waals surface area contributed by atoms with Gasteiger partial charge in [0.15, 0.2) is 6.10 Å². The summed E-state index contributed by atoms with van der Waals surface area (Å²) in [5, 5.41) is 2.13. The summed E-state index contributed by atoms with van der Waals surface area (Å²) in [7, 11) is 0. The fraction of sp³-hybridized carbons (Fsp3) is 0.143. The summed E-state index contributed by atoms with van der Waals surface area (Å²) in [4.78, 5) is 24.2. The molecule has 5 heteroatoms. The normalized spacial score (nSPS) is 11.6. The minimum Gasteiger partial charge on any atom is -0.481 e. The second-order valence-electron chi connectivity index (χ2n) is 6.08. The Kier molecular flexibility index (Phi) is 5.17. The number of benzene rings is 3. The maximum absolute atomic E-state index is 12.2. The number of amides is 2. The summed E-state index contributed by atoms with van der Waals surface area (Å²) in [6.45, 7) is 3.57. The van der Waals surface area contributed by atoms with Crippen molar-refractivity contribution in [2.75, 3.05) is 0 Å². The third-order valence-electron chi connectivity index (χ3n) is 4.02. The highest BCUT2D eigenvalue weighted by Crippen LogP contribution is 2.21. The van der Waals surface area contributed by atoms with Crippen LogP contribution in [0.3, 0.4) is 0 Å². The Morgan fingerprint density at radius 2 is 1.58 bits per heavy atom. The van der Waals surface area contributed by atoms with Crippen molar-refractivity contribution in [1.82, 2.24) is 10.9 Å². The van der Waals surface area contributed by atoms with Gasteiger partial charge in [-0.3, -0.25) is 20.4 Å². The van der Waals surface area contributed by atoms with E-state index >= 15 is 0 Å². The van der Waals surface area contributed by atoms with Crippen LogP contribution in [0, 0.1) is 6.92 Å². The van der Waals surface area contributed by atoms with Crippen molar-refractivity contribution in [3.05, 3.63) is 77.9 Å². The number of hydrogen-bond donors (Lipinski definition) is 2. The lowest BCUT2D eigenvalue weighted by Crippen LogP contribution is -2.47. The predicted octanol–water partition coefficient (Wildman–Crippen LogP) is 3.38. The van der Waals surface area contributed by atoms with Crippen LogP contribution in [0.1, 0.15) is 22.8 Å². The summed E-state index contributed by atoms with van der Waals surface area (Å²) in [6.07, 6.45) is -0.755. The molecule has 0 fully saturated rings. The van der Waals surface area contributed by atoms with Crippen molar-refractivity contribution in [2.24, 2.45) is 0 Å². The molecule has 0 heterocycles. The lowest BCUT2D eigenvalue weighted by atomic mass is 10.1. The van der Waals surface area contributed by atoms with E-state index in [0.717, 1.165) is 16.3 Å². The molecule has 1 atom stereocenters. The van der Waals surface area contributed by atoms with Crippen LogP contribution in [0.25, 0.3) is 10.8 Å². The topological polar surface area (TPSA) is 67.4 Å². The first-order valence-electron chi connectivity index (χ1n) is 8.35. The molecule has 2 N–H and O–H groups in total. The number of fused-ring (bicyclic) bond motifs is 1. The number of nitrogens with one attached hydrogen (secondary N) is 2. The predicted molar refractivity (Wildman–Crippen MR) is 101 cm³/mol. The van der Waals surface area contributed by atoms with Crippen molar-refractivity contribution in [2.45, 2.75) is 20.0 Å². The highest BCUT2D eigenvalue weighted by atomic mass is 16.5. The first-order valence-corrected chi connectivity index (χ1v) is 8.35. The van der Waals surface area contributed by atoms with E-state index in [9.17, 15) is 9.59 Å². The number of carbonyl (C=O) groups is 2. The summed E-state index contributed by atoms with van der Waals surface area (Å²) in [5.41, 5.74) is 6.31. The summed E-state index contributed by atoms with van der Waals surface area (Å²) in [5.74, 6) is -0.217. The van der Waals surface area contributed by atoms with Crippen LogP contribution in [-0.4, -0.2) is 17.9 Å². The Hall–Kier alpha value is -3.34. The Morgan fingerprint density at radius 1 is 0.885 bits per heavy atom. The smallest absolute Gasteiger partial charge is 0.279 e. The first-order chi connectivity index (χ1) is 12.5. The molecule has 0 radical (unpaired) electrons. The Balaban J connectivity index is 1.56. The fourth-order valence-electron chi connectivity index (χ4n) is 2.50. The van der Waals surface area contributed by atoms with Crippen molar-refractivity contribution < 1.29 is 14.3 Å². The lowest BCUT2D eigenvalue weighted by Gasteiger charge is -2.15. The van der Waals surface area contributed by atoms with Gasteiger partial charge in [0, 0.05) is 5.56 Å². The molecule has 0 saturated heterocycles. The number of hydrogen-bond acceptors (Lipinski definition) is 3. The average Bonchev–Trinajstić information content (AvgIpc) is 2.66. The number of ether oxygens (including phenoxy) is 1. The molecule has 3 aromatic carbocycles. The van der Waals surface area contributed by atoms with Crippen molar-refractivity contribution in [3.8, 4) is 5.75 Å². The van der Waals surface area contributed by atoms with Gasteiger partial charge in [0.1, 0.15) is 5.75 Å². The summed E-state index contributed by atoms with van der Waals surface area (Å²) in [6, 6.07) is 20.6. The molecule has 132 valence electrons. The van der Waals surface area contributed by atoms with Gasteiger partial charge in [-0.2, -0.15) is 0 Å². The zero-order chi connectivity index (χ0) is 18.5. The molecule has 3 aromatic rings. The van der Waals surface area contributed by atoms with Crippen LogP contribution in [0.2, 0.25) is 0 Å². The second-order valence-corrected chi connectivity index (χ2v) is 6.08. The van der Waals surface area contributed by atoms with E-state index in [-0.39, 0.29) is 5.91 Å². The average molecular weight is 348 g/mol. The van der Waals surface area contributed by atoms with Gasteiger partial charge in [0.25, 0.3) is 11.8 Å². The fourth-order valence-corrected chi connectivity index (χ4v) is 2.50. The van der Waals surface area contributed by atoms with Gasteiger partial charge in [-0.15, -0.1) is 0 Å². The molecule has 0 saturated carbocycles. The molecule has 2 amide bonds. The molecule has 0 aromatic heterocycles. The first kappa shape index (κ1) is 17.5. The minimum atomic E-state index is -0.755. The van der Waals surface area contributed by atoms with Crippen molar-refractivity contribution in [3.63, 3.8) is 0 Å². The summed E-state index contributed by atoms with van der Waals surface area (Å²) < 4.78 is 5.67. The molecule has 0 aliphatic heterocycles. The number of hydrazine groups is 1. The molecule has 3 rings (SSSR count). The maximum atomic E-state index is 12.2. The monoisotopic (exact) mass is 348 g/mol. The van der Waals surface area contributed by atoms with Gasteiger partial charge in [0.05, 0.1) is 0 Å². The SMILES string of the molecule is Cc1ccc(C(=O)NNC(=O)C(C)Oc2ccc3ccccc3c2)cc1. The summed E-state index contributed by atoms with van der Waals surface area (Å²) >= 11 is 0. The minimum absolute atomic E-state index is 0.378. The van der Waals surface area contributed by atoms with E-state index < -0.39 is 12.0 Å². The van der Waals surface area contributed by atoms with Gasteiger partial charge in [-0.1, -0.05) is 48.0 Å². The van der Waals surface area contributed by atoms with E-state index in [1.54, 1.807) is 19.1 Å². The lowest BCUT2D eigenvalue weighted by molar-refractivity contribution is -0.128.